The van der Waals surface area contributed by atoms with Gasteiger partial charge in [-0.3, -0.25) is 0 Å². The van der Waals surface area contributed by atoms with Crippen molar-refractivity contribution in [3.63, 3.8) is 0 Å². The molecule has 0 aromatic rings. The first-order valence-corrected chi connectivity index (χ1v) is 3.69. The van der Waals surface area contributed by atoms with Crippen molar-refractivity contribution in [1.29, 1.82) is 5.26 Å². The van der Waals surface area contributed by atoms with Crippen molar-refractivity contribution in [3.8, 4) is 6.07 Å². The fourth-order valence-electron chi connectivity index (χ4n) is 0.748. The van der Waals surface area contributed by atoms with Crippen molar-refractivity contribution < 1.29 is 43.9 Å². The zero-order valence-electron chi connectivity index (χ0n) is 7.80. The Morgan fingerprint density at radius 2 is 1.00 bits per heavy atom. The summed E-state index contributed by atoms with van der Waals surface area (Å²) < 4.78 is 120. The van der Waals surface area contributed by atoms with E-state index >= 15 is 0 Å². The first-order valence-electron chi connectivity index (χ1n) is 3.69. The Morgan fingerprint density at radius 3 is 1.17 bits per heavy atom. The molecule has 104 valence electrons. The van der Waals surface area contributed by atoms with Crippen LogP contribution in [-0.4, -0.2) is 24.2 Å². The van der Waals surface area contributed by atoms with E-state index in [1.165, 1.54) is 0 Å². The molecule has 0 bridgehead atoms. The molecule has 0 aromatic heterocycles. The third-order valence-electron chi connectivity index (χ3n) is 1.60. The highest BCUT2D eigenvalue weighted by Gasteiger charge is 2.72. The van der Waals surface area contributed by atoms with Gasteiger partial charge < -0.3 is 0 Å². The highest BCUT2D eigenvalue weighted by molar-refractivity contribution is 5.30. The van der Waals surface area contributed by atoms with Crippen molar-refractivity contribution in [3.05, 3.63) is 11.6 Å². The number of alkyl halides is 10. The second kappa shape index (κ2) is 4.33. The summed E-state index contributed by atoms with van der Waals surface area (Å²) in [7, 11) is 0. The first-order chi connectivity index (χ1) is 7.69. The predicted molar refractivity (Wildman–Crippen MR) is 35.7 cm³/mol. The average Bonchev–Trinajstić information content (AvgIpc) is 2.09. The Labute approximate surface area is 92.3 Å². The molecule has 0 spiro atoms. The Balaban J connectivity index is 5.97. The van der Waals surface area contributed by atoms with Crippen LogP contribution >= 0.6 is 0 Å². The smallest absolute Gasteiger partial charge is 0.193 e. The third kappa shape index (κ3) is 2.68. The normalized spacial score (nSPS) is 14.1. The summed E-state index contributed by atoms with van der Waals surface area (Å²) in [5, 5.41) is 7.77. The molecule has 18 heavy (non-hydrogen) atoms. The molecule has 0 unspecified atom stereocenters. The highest BCUT2D eigenvalue weighted by atomic mass is 19.4. The standard InChI is InChI=1S/C7HF10N/c8-4(9,6(12,13)14)3(1-2-18)5(10,11)7(15,16)17/h1H. The van der Waals surface area contributed by atoms with Gasteiger partial charge in [-0.05, 0) is 0 Å². The molecule has 1 nitrogen and oxygen atoms in total. The van der Waals surface area contributed by atoms with Crippen LogP contribution in [0.4, 0.5) is 43.9 Å². The number of halogens is 10. The van der Waals surface area contributed by atoms with E-state index in [1.54, 1.807) is 0 Å². The summed E-state index contributed by atoms with van der Waals surface area (Å²) in [6.07, 6.45) is -14.5. The van der Waals surface area contributed by atoms with Crippen LogP contribution in [-0.2, 0) is 0 Å². The van der Waals surface area contributed by atoms with Gasteiger partial charge in [0.15, 0.2) is 0 Å². The lowest BCUT2D eigenvalue weighted by Crippen LogP contribution is -2.50. The van der Waals surface area contributed by atoms with Gasteiger partial charge in [0, 0.05) is 6.08 Å². The van der Waals surface area contributed by atoms with Crippen molar-refractivity contribution in [2.45, 2.75) is 24.2 Å². The molecule has 0 aliphatic carbocycles. The Morgan fingerprint density at radius 1 is 0.722 bits per heavy atom. The van der Waals surface area contributed by atoms with Gasteiger partial charge in [-0.25, -0.2) is 0 Å². The van der Waals surface area contributed by atoms with Gasteiger partial charge in [-0.15, -0.1) is 0 Å². The van der Waals surface area contributed by atoms with Crippen LogP contribution in [0.5, 0.6) is 0 Å². The third-order valence-corrected chi connectivity index (χ3v) is 1.60. The molecule has 0 atom stereocenters. The van der Waals surface area contributed by atoms with Gasteiger partial charge in [-0.2, -0.15) is 49.2 Å². The molecular weight excluding hydrogens is 288 g/mol. The maximum atomic E-state index is 12.5. The molecular formula is C7HF10N. The molecule has 0 radical (unpaired) electrons. The summed E-state index contributed by atoms with van der Waals surface area (Å²) in [6.45, 7) is 0. The molecule has 0 heterocycles. The summed E-state index contributed by atoms with van der Waals surface area (Å²) in [6, 6.07) is 0.302. The maximum absolute atomic E-state index is 12.5. The zero-order chi connectivity index (χ0) is 15.0. The fraction of sp³-hybridized carbons (Fsp3) is 0.571. The topological polar surface area (TPSA) is 23.8 Å². The molecule has 0 N–H and O–H groups in total. The molecule has 0 aliphatic rings. The van der Waals surface area contributed by atoms with Crippen molar-refractivity contribution in [2.75, 3.05) is 0 Å². The van der Waals surface area contributed by atoms with Gasteiger partial charge in [-0.1, -0.05) is 0 Å². The van der Waals surface area contributed by atoms with E-state index in [0.717, 1.165) is 0 Å². The van der Waals surface area contributed by atoms with Gasteiger partial charge in [0.25, 0.3) is 0 Å². The average molecular weight is 289 g/mol. The molecule has 0 amide bonds. The quantitative estimate of drug-likeness (QED) is 0.560. The lowest BCUT2D eigenvalue weighted by Gasteiger charge is -2.28. The largest absolute Gasteiger partial charge is 0.457 e. The van der Waals surface area contributed by atoms with Crippen LogP contribution in [0.2, 0.25) is 0 Å². The monoisotopic (exact) mass is 289 g/mol. The first kappa shape index (κ1) is 16.5. The van der Waals surface area contributed by atoms with E-state index in [2.05, 4.69) is 0 Å². The van der Waals surface area contributed by atoms with Crippen LogP contribution in [0.15, 0.2) is 11.6 Å². The predicted octanol–water partition coefficient (Wildman–Crippen LogP) is 3.83. The number of nitriles is 1. The fourth-order valence-corrected chi connectivity index (χ4v) is 0.748. The highest BCUT2D eigenvalue weighted by Crippen LogP contribution is 2.51. The number of rotatable bonds is 2. The van der Waals surface area contributed by atoms with Gasteiger partial charge >= 0.3 is 24.2 Å². The van der Waals surface area contributed by atoms with Crippen LogP contribution in [0.25, 0.3) is 0 Å². The molecule has 0 saturated heterocycles. The number of hydrogen-bond donors (Lipinski definition) is 0. The number of hydrogen-bond acceptors (Lipinski definition) is 1. The maximum Gasteiger partial charge on any atom is 0.457 e. The van der Waals surface area contributed by atoms with Crippen molar-refractivity contribution >= 4 is 0 Å². The lowest BCUT2D eigenvalue weighted by atomic mass is 10.0. The summed E-state index contributed by atoms with van der Waals surface area (Å²) in [5.41, 5.74) is -3.67. The van der Waals surface area contributed by atoms with E-state index in [-0.39, 0.29) is 0 Å². The molecule has 0 aromatic carbocycles. The summed E-state index contributed by atoms with van der Waals surface area (Å²) in [4.78, 5) is 0. The Kier molecular flexibility index (Phi) is 3.97. The zero-order valence-corrected chi connectivity index (χ0v) is 7.80. The van der Waals surface area contributed by atoms with Crippen LogP contribution in [0.1, 0.15) is 0 Å². The number of allylic oxidation sites excluding steroid dienone is 2. The molecule has 0 rings (SSSR count). The Bertz CT molecular complexity index is 351. The number of nitrogens with zero attached hydrogens (tertiary/aromatic N) is 1. The lowest BCUT2D eigenvalue weighted by molar-refractivity contribution is -0.307. The van der Waals surface area contributed by atoms with Crippen molar-refractivity contribution in [2.24, 2.45) is 0 Å². The minimum Gasteiger partial charge on any atom is -0.193 e. The SMILES string of the molecule is N#CC=C(C(F)(F)C(F)(F)F)C(F)(F)C(F)(F)F. The van der Waals surface area contributed by atoms with E-state index in [4.69, 9.17) is 5.26 Å². The second-order valence-electron chi connectivity index (χ2n) is 2.83. The Hall–Kier alpha value is -1.47. The minimum absolute atomic E-state index is 0.302. The van der Waals surface area contributed by atoms with Gasteiger partial charge in [0.1, 0.15) is 0 Å². The van der Waals surface area contributed by atoms with Crippen LogP contribution in [0.3, 0.4) is 0 Å². The molecule has 0 aliphatic heterocycles. The van der Waals surface area contributed by atoms with Gasteiger partial charge in [0.05, 0.1) is 11.6 Å². The van der Waals surface area contributed by atoms with E-state index in [9.17, 15) is 43.9 Å². The van der Waals surface area contributed by atoms with E-state index in [0.29, 0.717) is 6.07 Å². The van der Waals surface area contributed by atoms with Gasteiger partial charge in [0.2, 0.25) is 0 Å². The molecule has 11 heteroatoms. The second-order valence-corrected chi connectivity index (χ2v) is 2.83. The summed E-state index contributed by atoms with van der Waals surface area (Å²) >= 11 is 0. The minimum atomic E-state index is -6.69. The van der Waals surface area contributed by atoms with Crippen molar-refractivity contribution in [1.82, 2.24) is 0 Å². The van der Waals surface area contributed by atoms with E-state index in [1.807, 2.05) is 0 Å². The summed E-state index contributed by atoms with van der Waals surface area (Å²) in [5.74, 6) is -13.0. The van der Waals surface area contributed by atoms with E-state index < -0.39 is 35.8 Å². The molecule has 0 saturated carbocycles. The van der Waals surface area contributed by atoms with Crippen LogP contribution < -0.4 is 0 Å². The van der Waals surface area contributed by atoms with Crippen LogP contribution in [0, 0.1) is 11.3 Å². The molecule has 0 fully saturated rings.